The highest BCUT2D eigenvalue weighted by Gasteiger charge is 2.16. The number of hydrogen-bond donors (Lipinski definition) is 2. The fourth-order valence-corrected chi connectivity index (χ4v) is 1.61. The molecule has 0 saturated heterocycles. The molecule has 3 nitrogen and oxygen atoms in total. The van der Waals surface area contributed by atoms with Crippen LogP contribution in [-0.4, -0.2) is 11.0 Å². The third-order valence-electron chi connectivity index (χ3n) is 2.51. The molecule has 1 rings (SSSR count). The minimum Gasteiger partial charge on any atom is -0.508 e. The topological polar surface area (TPSA) is 49.3 Å². The van der Waals surface area contributed by atoms with E-state index in [1.54, 1.807) is 12.1 Å². The number of nitrogens with one attached hydrogen (secondary N) is 1. The van der Waals surface area contributed by atoms with Gasteiger partial charge in [0.05, 0.1) is 0 Å². The van der Waals surface area contributed by atoms with Crippen molar-refractivity contribution >= 4 is 11.6 Å². The number of phenols is 1. The maximum absolute atomic E-state index is 11.8. The van der Waals surface area contributed by atoms with Gasteiger partial charge in [-0.2, -0.15) is 0 Å². The van der Waals surface area contributed by atoms with Gasteiger partial charge in [0, 0.05) is 12.1 Å². The largest absolute Gasteiger partial charge is 0.508 e. The molecule has 1 aromatic rings. The predicted octanol–water partition coefficient (Wildman–Crippen LogP) is 3.38. The molecule has 2 N–H and O–H groups in total. The monoisotopic (exact) mass is 235 g/mol. The molecule has 1 amide bonds. The van der Waals surface area contributed by atoms with E-state index in [1.165, 1.54) is 0 Å². The van der Waals surface area contributed by atoms with E-state index in [0.717, 1.165) is 16.8 Å². The minimum absolute atomic E-state index is 0.00527. The summed E-state index contributed by atoms with van der Waals surface area (Å²) in [6.45, 7) is 9.77. The summed E-state index contributed by atoms with van der Waals surface area (Å²) in [5.74, 6) is 0.266. The van der Waals surface area contributed by atoms with Gasteiger partial charge >= 0.3 is 0 Å². The van der Waals surface area contributed by atoms with Crippen molar-refractivity contribution in [3.8, 4) is 5.75 Å². The van der Waals surface area contributed by atoms with E-state index in [4.69, 9.17) is 0 Å². The maximum atomic E-state index is 11.8. The van der Waals surface area contributed by atoms with Crippen molar-refractivity contribution in [3.63, 3.8) is 0 Å². The highest BCUT2D eigenvalue weighted by Crippen LogP contribution is 2.26. The Morgan fingerprint density at radius 1 is 1.24 bits per heavy atom. The van der Waals surface area contributed by atoms with E-state index in [1.807, 2.05) is 34.6 Å². The van der Waals surface area contributed by atoms with Gasteiger partial charge < -0.3 is 10.4 Å². The Labute approximate surface area is 103 Å². The van der Waals surface area contributed by atoms with Gasteiger partial charge in [-0.25, -0.2) is 0 Å². The van der Waals surface area contributed by atoms with Crippen LogP contribution in [0, 0.1) is 19.3 Å². The number of anilines is 1. The molecule has 0 aromatic heterocycles. The summed E-state index contributed by atoms with van der Waals surface area (Å²) in [4.78, 5) is 11.8. The van der Waals surface area contributed by atoms with Crippen molar-refractivity contribution in [2.75, 3.05) is 5.32 Å². The van der Waals surface area contributed by atoms with Crippen LogP contribution in [0.1, 0.15) is 38.3 Å². The standard InChI is InChI=1S/C14H21NO2/c1-9-7-12(16)10(2)6-11(9)15-13(17)8-14(3,4)5/h6-7,16H,8H2,1-5H3,(H,15,17). The Bertz CT molecular complexity index is 431. The van der Waals surface area contributed by atoms with Crippen LogP contribution < -0.4 is 5.32 Å². The van der Waals surface area contributed by atoms with E-state index >= 15 is 0 Å². The van der Waals surface area contributed by atoms with Crippen molar-refractivity contribution < 1.29 is 9.90 Å². The van der Waals surface area contributed by atoms with Crippen LogP contribution in [0.4, 0.5) is 5.69 Å². The molecule has 3 heteroatoms. The second-order valence-electron chi connectivity index (χ2n) is 5.74. The summed E-state index contributed by atoms with van der Waals surface area (Å²) < 4.78 is 0. The molecule has 1 aromatic carbocycles. The molecule has 0 bridgehead atoms. The average molecular weight is 235 g/mol. The van der Waals surface area contributed by atoms with Gasteiger partial charge in [0.15, 0.2) is 0 Å². The first kappa shape index (κ1) is 13.6. The van der Waals surface area contributed by atoms with Gasteiger partial charge in [0.25, 0.3) is 0 Å². The van der Waals surface area contributed by atoms with E-state index in [0.29, 0.717) is 6.42 Å². The lowest BCUT2D eigenvalue weighted by Crippen LogP contribution is -2.20. The zero-order valence-corrected chi connectivity index (χ0v) is 11.2. The summed E-state index contributed by atoms with van der Waals surface area (Å²) in [6.07, 6.45) is 0.479. The van der Waals surface area contributed by atoms with Gasteiger partial charge in [-0.3, -0.25) is 4.79 Å². The first-order valence-electron chi connectivity index (χ1n) is 5.79. The molecule has 0 aliphatic heterocycles. The fourth-order valence-electron chi connectivity index (χ4n) is 1.61. The Kier molecular flexibility index (Phi) is 3.81. The smallest absolute Gasteiger partial charge is 0.224 e. The summed E-state index contributed by atoms with van der Waals surface area (Å²) >= 11 is 0. The van der Waals surface area contributed by atoms with Gasteiger partial charge in [-0.05, 0) is 42.5 Å². The summed E-state index contributed by atoms with van der Waals surface area (Å²) in [5.41, 5.74) is 2.39. The number of hydrogen-bond acceptors (Lipinski definition) is 2. The van der Waals surface area contributed by atoms with Crippen LogP contribution in [-0.2, 0) is 4.79 Å². The van der Waals surface area contributed by atoms with Crippen LogP contribution in [0.25, 0.3) is 0 Å². The van der Waals surface area contributed by atoms with Crippen molar-refractivity contribution in [1.82, 2.24) is 0 Å². The van der Waals surface area contributed by atoms with Gasteiger partial charge in [0.1, 0.15) is 5.75 Å². The third-order valence-corrected chi connectivity index (χ3v) is 2.51. The molecule has 0 unspecified atom stereocenters. The number of aryl methyl sites for hydroxylation is 2. The number of carbonyl (C=O) groups excluding carboxylic acids is 1. The summed E-state index contributed by atoms with van der Waals surface area (Å²) in [6, 6.07) is 3.47. The van der Waals surface area contributed by atoms with Crippen molar-refractivity contribution in [2.24, 2.45) is 5.41 Å². The molecule has 0 aliphatic carbocycles. The highest BCUT2D eigenvalue weighted by molar-refractivity contribution is 5.92. The zero-order valence-electron chi connectivity index (χ0n) is 11.2. The highest BCUT2D eigenvalue weighted by atomic mass is 16.3. The van der Waals surface area contributed by atoms with Crippen LogP contribution in [0.2, 0.25) is 0 Å². The Balaban J connectivity index is 2.82. The molecule has 94 valence electrons. The minimum atomic E-state index is -0.0239. The van der Waals surface area contributed by atoms with E-state index in [-0.39, 0.29) is 17.1 Å². The normalized spacial score (nSPS) is 11.4. The van der Waals surface area contributed by atoms with Crippen LogP contribution in [0.5, 0.6) is 5.75 Å². The zero-order chi connectivity index (χ0) is 13.2. The Hall–Kier alpha value is -1.51. The van der Waals surface area contributed by atoms with E-state index in [2.05, 4.69) is 5.32 Å². The van der Waals surface area contributed by atoms with Crippen LogP contribution in [0.3, 0.4) is 0 Å². The average Bonchev–Trinajstić information content (AvgIpc) is 2.11. The first-order valence-corrected chi connectivity index (χ1v) is 5.79. The lowest BCUT2D eigenvalue weighted by Gasteiger charge is -2.18. The Morgan fingerprint density at radius 3 is 2.35 bits per heavy atom. The van der Waals surface area contributed by atoms with Gasteiger partial charge in [-0.1, -0.05) is 20.8 Å². The molecule has 0 spiro atoms. The van der Waals surface area contributed by atoms with Crippen LogP contribution in [0.15, 0.2) is 12.1 Å². The molecule has 0 atom stereocenters. The lowest BCUT2D eigenvalue weighted by atomic mass is 9.92. The summed E-state index contributed by atoms with van der Waals surface area (Å²) in [5, 5.41) is 12.4. The molecule has 0 fully saturated rings. The molecular weight excluding hydrogens is 214 g/mol. The van der Waals surface area contributed by atoms with Gasteiger partial charge in [0.2, 0.25) is 5.91 Å². The fraction of sp³-hybridized carbons (Fsp3) is 0.500. The molecule has 17 heavy (non-hydrogen) atoms. The number of benzene rings is 1. The quantitative estimate of drug-likeness (QED) is 0.772. The molecule has 0 radical (unpaired) electrons. The SMILES string of the molecule is Cc1cc(NC(=O)CC(C)(C)C)c(C)cc1O. The first-order chi connectivity index (χ1) is 7.69. The second-order valence-corrected chi connectivity index (χ2v) is 5.74. The number of aromatic hydroxyl groups is 1. The number of carbonyl (C=O) groups is 1. The molecule has 0 saturated carbocycles. The number of rotatable bonds is 2. The van der Waals surface area contributed by atoms with Gasteiger partial charge in [-0.15, -0.1) is 0 Å². The number of amides is 1. The van der Waals surface area contributed by atoms with Crippen molar-refractivity contribution in [3.05, 3.63) is 23.3 Å². The van der Waals surface area contributed by atoms with E-state index < -0.39 is 0 Å². The maximum Gasteiger partial charge on any atom is 0.224 e. The predicted molar refractivity (Wildman–Crippen MR) is 70.3 cm³/mol. The third kappa shape index (κ3) is 4.10. The molecular formula is C14H21NO2. The van der Waals surface area contributed by atoms with Crippen molar-refractivity contribution in [2.45, 2.75) is 41.0 Å². The molecule has 0 aliphatic rings. The Morgan fingerprint density at radius 2 is 1.82 bits per heavy atom. The number of phenolic OH excluding ortho intramolecular Hbond substituents is 1. The van der Waals surface area contributed by atoms with Crippen LogP contribution >= 0.6 is 0 Å². The van der Waals surface area contributed by atoms with E-state index in [9.17, 15) is 9.90 Å². The molecule has 0 heterocycles. The summed E-state index contributed by atoms with van der Waals surface area (Å²) in [7, 11) is 0. The second kappa shape index (κ2) is 4.78. The lowest BCUT2D eigenvalue weighted by molar-refractivity contribution is -0.117. The van der Waals surface area contributed by atoms with Crippen molar-refractivity contribution in [1.29, 1.82) is 0 Å².